The minimum absolute atomic E-state index is 0.0657. The van der Waals surface area contributed by atoms with Gasteiger partial charge in [0, 0.05) is 18.0 Å². The zero-order chi connectivity index (χ0) is 20.3. The first-order valence-corrected chi connectivity index (χ1v) is 9.99. The van der Waals surface area contributed by atoms with Gasteiger partial charge in [-0.3, -0.25) is 0 Å². The molecule has 1 aliphatic carbocycles. The predicted octanol–water partition coefficient (Wildman–Crippen LogP) is 5.11. The van der Waals surface area contributed by atoms with Gasteiger partial charge in [0.1, 0.15) is 6.61 Å². The number of alkyl carbamates (subject to hydrolysis) is 1. The summed E-state index contributed by atoms with van der Waals surface area (Å²) < 4.78 is 5.55. The Morgan fingerprint density at radius 1 is 1.00 bits per heavy atom. The molecular formula is C25H21N3O2. The molecule has 0 aliphatic heterocycles. The predicted molar refractivity (Wildman–Crippen MR) is 118 cm³/mol. The number of para-hydroxylation sites is 1. The van der Waals surface area contributed by atoms with E-state index in [1.165, 1.54) is 22.3 Å². The molecule has 2 N–H and O–H groups in total. The molecule has 0 radical (unpaired) electrons. The second-order valence-electron chi connectivity index (χ2n) is 7.25. The highest BCUT2D eigenvalue weighted by atomic mass is 16.5. The average Bonchev–Trinajstić information content (AvgIpc) is 3.39. The molecule has 5 heteroatoms. The molecule has 148 valence electrons. The first kappa shape index (κ1) is 18.2. The van der Waals surface area contributed by atoms with Crippen molar-refractivity contribution in [3.05, 3.63) is 95.8 Å². The number of amides is 1. The van der Waals surface area contributed by atoms with Crippen LogP contribution in [0.25, 0.3) is 28.2 Å². The molecule has 0 saturated carbocycles. The molecule has 0 spiro atoms. The summed E-state index contributed by atoms with van der Waals surface area (Å²) in [7, 11) is 0. The summed E-state index contributed by atoms with van der Waals surface area (Å²) in [4.78, 5) is 19.6. The zero-order valence-electron chi connectivity index (χ0n) is 16.3. The summed E-state index contributed by atoms with van der Waals surface area (Å²) in [5.74, 6) is 0.0657. The van der Waals surface area contributed by atoms with Gasteiger partial charge >= 0.3 is 6.09 Å². The number of H-pyrrole nitrogens is 1. The van der Waals surface area contributed by atoms with Gasteiger partial charge < -0.3 is 15.0 Å². The van der Waals surface area contributed by atoms with Crippen LogP contribution in [0.1, 0.15) is 22.6 Å². The second-order valence-corrected chi connectivity index (χ2v) is 7.25. The average molecular weight is 395 g/mol. The molecule has 0 fully saturated rings. The SMILES string of the molecule is O=C(NCC=Cc1cccc2[nH]cnc12)OCC1c2ccccc2-c2ccccc21. The van der Waals surface area contributed by atoms with Crippen molar-refractivity contribution in [1.29, 1.82) is 0 Å². The number of rotatable bonds is 5. The molecule has 4 aromatic rings. The van der Waals surface area contributed by atoms with E-state index in [0.717, 1.165) is 16.6 Å². The van der Waals surface area contributed by atoms with Gasteiger partial charge in [-0.1, -0.05) is 72.8 Å². The summed E-state index contributed by atoms with van der Waals surface area (Å²) in [5, 5.41) is 2.79. The lowest BCUT2D eigenvalue weighted by atomic mass is 9.98. The van der Waals surface area contributed by atoms with Crippen molar-refractivity contribution in [3.8, 4) is 11.1 Å². The van der Waals surface area contributed by atoms with Gasteiger partial charge in [0.05, 0.1) is 17.4 Å². The van der Waals surface area contributed by atoms with Gasteiger partial charge in [0.25, 0.3) is 0 Å². The van der Waals surface area contributed by atoms with Gasteiger partial charge in [-0.05, 0) is 28.3 Å². The number of benzene rings is 3. The van der Waals surface area contributed by atoms with Crippen LogP contribution in [-0.4, -0.2) is 29.2 Å². The van der Waals surface area contributed by atoms with Gasteiger partial charge in [0.15, 0.2) is 0 Å². The number of carbonyl (C=O) groups is 1. The number of hydrogen-bond acceptors (Lipinski definition) is 3. The van der Waals surface area contributed by atoms with Crippen LogP contribution in [0.2, 0.25) is 0 Å². The number of ether oxygens (including phenoxy) is 1. The maximum Gasteiger partial charge on any atom is 0.407 e. The molecule has 1 aromatic heterocycles. The molecule has 5 nitrogen and oxygen atoms in total. The Hall–Kier alpha value is -3.86. The normalized spacial score (nSPS) is 12.8. The Kier molecular flexibility index (Phi) is 4.77. The lowest BCUT2D eigenvalue weighted by Gasteiger charge is -2.14. The standard InChI is InChI=1S/C25H21N3O2/c29-25(26-14-6-8-17-7-5-13-23-24(17)28-16-27-23)30-15-22-20-11-3-1-9-18(20)19-10-2-4-12-21(19)22/h1-13,16,22H,14-15H2,(H,26,29)(H,27,28). The maximum atomic E-state index is 12.2. The molecule has 0 atom stereocenters. The van der Waals surface area contributed by atoms with Crippen molar-refractivity contribution in [2.75, 3.05) is 13.2 Å². The number of aromatic amines is 1. The minimum Gasteiger partial charge on any atom is -0.449 e. The summed E-state index contributed by atoms with van der Waals surface area (Å²) in [6.07, 6.45) is 5.11. The number of fused-ring (bicyclic) bond motifs is 4. The highest BCUT2D eigenvalue weighted by Gasteiger charge is 2.28. The Morgan fingerprint density at radius 2 is 1.73 bits per heavy atom. The van der Waals surface area contributed by atoms with Crippen molar-refractivity contribution >= 4 is 23.2 Å². The van der Waals surface area contributed by atoms with Gasteiger partial charge in [-0.15, -0.1) is 0 Å². The van der Waals surface area contributed by atoms with Crippen LogP contribution < -0.4 is 5.32 Å². The maximum absolute atomic E-state index is 12.2. The fraction of sp³-hybridized carbons (Fsp3) is 0.120. The quantitative estimate of drug-likeness (QED) is 0.493. The highest BCUT2D eigenvalue weighted by Crippen LogP contribution is 2.44. The highest BCUT2D eigenvalue weighted by molar-refractivity contribution is 5.84. The number of aromatic nitrogens is 2. The van der Waals surface area contributed by atoms with E-state index in [4.69, 9.17) is 4.74 Å². The molecule has 30 heavy (non-hydrogen) atoms. The van der Waals surface area contributed by atoms with Crippen molar-refractivity contribution in [3.63, 3.8) is 0 Å². The molecule has 1 aliphatic rings. The topological polar surface area (TPSA) is 67.0 Å². The fourth-order valence-electron chi connectivity index (χ4n) is 4.10. The Bertz CT molecular complexity index is 1200. The second kappa shape index (κ2) is 7.87. The van der Waals surface area contributed by atoms with Crippen molar-refractivity contribution in [1.82, 2.24) is 15.3 Å². The molecule has 3 aromatic carbocycles. The van der Waals surface area contributed by atoms with E-state index in [1.807, 2.05) is 54.6 Å². The van der Waals surface area contributed by atoms with E-state index < -0.39 is 6.09 Å². The molecule has 0 unspecified atom stereocenters. The molecule has 0 saturated heterocycles. The number of nitrogens with zero attached hydrogens (tertiary/aromatic N) is 1. The Balaban J connectivity index is 1.20. The van der Waals surface area contributed by atoms with Crippen molar-refractivity contribution < 1.29 is 9.53 Å². The first-order valence-electron chi connectivity index (χ1n) is 9.99. The van der Waals surface area contributed by atoms with Crippen LogP contribution in [0.4, 0.5) is 4.79 Å². The third-order valence-corrected chi connectivity index (χ3v) is 5.49. The van der Waals surface area contributed by atoms with Gasteiger partial charge in [-0.25, -0.2) is 9.78 Å². The van der Waals surface area contributed by atoms with E-state index >= 15 is 0 Å². The summed E-state index contributed by atoms with van der Waals surface area (Å²) in [6, 6.07) is 22.6. The van der Waals surface area contributed by atoms with Gasteiger partial charge in [0.2, 0.25) is 0 Å². The Labute approximate surface area is 174 Å². The third-order valence-electron chi connectivity index (χ3n) is 5.49. The van der Waals surface area contributed by atoms with Crippen LogP contribution in [-0.2, 0) is 4.74 Å². The van der Waals surface area contributed by atoms with Crippen molar-refractivity contribution in [2.45, 2.75) is 5.92 Å². The number of imidazole rings is 1. The lowest BCUT2D eigenvalue weighted by Crippen LogP contribution is -2.26. The first-order chi connectivity index (χ1) is 14.8. The third kappa shape index (κ3) is 3.35. The zero-order valence-corrected chi connectivity index (χ0v) is 16.3. The van der Waals surface area contributed by atoms with E-state index in [2.05, 4.69) is 39.6 Å². The van der Waals surface area contributed by atoms with Crippen LogP contribution in [0.3, 0.4) is 0 Å². The van der Waals surface area contributed by atoms with E-state index in [-0.39, 0.29) is 5.92 Å². The minimum atomic E-state index is -0.417. The lowest BCUT2D eigenvalue weighted by molar-refractivity contribution is 0.144. The fourth-order valence-corrected chi connectivity index (χ4v) is 4.10. The Morgan fingerprint density at radius 3 is 2.50 bits per heavy atom. The van der Waals surface area contributed by atoms with E-state index in [1.54, 1.807) is 6.33 Å². The molecule has 1 heterocycles. The van der Waals surface area contributed by atoms with Gasteiger partial charge in [-0.2, -0.15) is 0 Å². The molecule has 0 bridgehead atoms. The summed E-state index contributed by atoms with van der Waals surface area (Å²) in [5.41, 5.74) is 7.76. The van der Waals surface area contributed by atoms with E-state index in [9.17, 15) is 4.79 Å². The summed E-state index contributed by atoms with van der Waals surface area (Å²) in [6.45, 7) is 0.702. The molecule has 5 rings (SSSR count). The van der Waals surface area contributed by atoms with Crippen LogP contribution in [0, 0.1) is 0 Å². The van der Waals surface area contributed by atoms with E-state index in [0.29, 0.717) is 13.2 Å². The summed E-state index contributed by atoms with van der Waals surface area (Å²) >= 11 is 0. The number of nitrogens with one attached hydrogen (secondary N) is 2. The number of carbonyl (C=O) groups excluding carboxylic acids is 1. The molecule has 1 amide bonds. The van der Waals surface area contributed by atoms with Crippen LogP contribution in [0.5, 0.6) is 0 Å². The molecular weight excluding hydrogens is 374 g/mol. The smallest absolute Gasteiger partial charge is 0.407 e. The monoisotopic (exact) mass is 395 g/mol. The number of hydrogen-bond donors (Lipinski definition) is 2. The van der Waals surface area contributed by atoms with Crippen LogP contribution >= 0.6 is 0 Å². The van der Waals surface area contributed by atoms with Crippen molar-refractivity contribution in [2.24, 2.45) is 0 Å². The van der Waals surface area contributed by atoms with Crippen LogP contribution in [0.15, 0.2) is 79.1 Å². The largest absolute Gasteiger partial charge is 0.449 e.